The van der Waals surface area contributed by atoms with Crippen molar-refractivity contribution in [3.05, 3.63) is 0 Å². The Morgan fingerprint density at radius 3 is 2.31 bits per heavy atom. The molecule has 32 heavy (non-hydrogen) atoms. The van der Waals surface area contributed by atoms with Crippen LogP contribution < -0.4 is 34.7 Å². The molecule has 4 aliphatic rings. The van der Waals surface area contributed by atoms with E-state index in [9.17, 15) is 25.2 Å². The number of hydrogen-bond acceptors (Lipinski definition) is 5. The maximum atomic E-state index is 11.5. The normalized spacial score (nSPS) is 47.9. The Balaban J connectivity index is 0.00000171. The van der Waals surface area contributed by atoms with Crippen LogP contribution in [0.15, 0.2) is 0 Å². The van der Waals surface area contributed by atoms with E-state index < -0.39 is 12.1 Å². The summed E-state index contributed by atoms with van der Waals surface area (Å²) in [4.78, 5) is 11.0. The van der Waals surface area contributed by atoms with Crippen molar-refractivity contribution in [3.63, 3.8) is 0 Å². The van der Waals surface area contributed by atoms with Crippen molar-refractivity contribution in [1.82, 2.24) is 0 Å². The molecule has 4 fully saturated rings. The number of rotatable bonds is 4. The molecule has 0 bridgehead atoms. The monoisotopic (exact) mass is 466 g/mol. The van der Waals surface area contributed by atoms with Crippen molar-refractivity contribution in [1.29, 1.82) is 0 Å². The first-order valence-corrected chi connectivity index (χ1v) is 11.8. The molecular formula is C24H43NaO7. The Kier molecular flexibility index (Phi) is 10.3. The van der Waals surface area contributed by atoms with Crippen LogP contribution in [0.2, 0.25) is 0 Å². The third-order valence-corrected chi connectivity index (χ3v) is 10.3. The number of carbonyl (C=O) groups is 1. The predicted molar refractivity (Wildman–Crippen MR) is 115 cm³/mol. The molecule has 0 radical (unpaired) electrons. The minimum absolute atomic E-state index is 0. The van der Waals surface area contributed by atoms with E-state index in [4.69, 9.17) is 0 Å². The fourth-order valence-corrected chi connectivity index (χ4v) is 8.68. The van der Waals surface area contributed by atoms with Crippen LogP contribution in [0.5, 0.6) is 0 Å². The molecular weight excluding hydrogens is 423 g/mol. The fourth-order valence-electron chi connectivity index (χ4n) is 8.68. The van der Waals surface area contributed by atoms with Gasteiger partial charge in [0.1, 0.15) is 0 Å². The summed E-state index contributed by atoms with van der Waals surface area (Å²) in [6.07, 6.45) is 5.72. The molecule has 11 unspecified atom stereocenters. The van der Waals surface area contributed by atoms with Gasteiger partial charge in [0.25, 0.3) is 0 Å². The number of carboxylic acid groups (broad SMARTS) is 1. The van der Waals surface area contributed by atoms with Crippen molar-refractivity contribution >= 4 is 5.97 Å². The summed E-state index contributed by atoms with van der Waals surface area (Å²) in [7, 11) is 0. The number of carbonyl (C=O) groups excluding carboxylic acids is 1. The minimum atomic E-state index is -0.998. The molecule has 4 rings (SSSR count). The summed E-state index contributed by atoms with van der Waals surface area (Å²) < 4.78 is 0. The van der Waals surface area contributed by atoms with Gasteiger partial charge in [0.15, 0.2) is 0 Å². The van der Waals surface area contributed by atoms with E-state index in [1.165, 1.54) is 0 Å². The summed E-state index contributed by atoms with van der Waals surface area (Å²) >= 11 is 0. The molecule has 7 N–H and O–H groups in total. The van der Waals surface area contributed by atoms with E-state index in [0.29, 0.717) is 18.3 Å². The van der Waals surface area contributed by atoms with Gasteiger partial charge in [0.2, 0.25) is 0 Å². The minimum Gasteiger partial charge on any atom is -0.550 e. The van der Waals surface area contributed by atoms with Crippen LogP contribution in [0.4, 0.5) is 0 Å². The molecule has 0 saturated heterocycles. The molecule has 0 aromatic carbocycles. The van der Waals surface area contributed by atoms with Gasteiger partial charge in [0, 0.05) is 5.97 Å². The van der Waals surface area contributed by atoms with Crippen LogP contribution in [0.25, 0.3) is 0 Å². The molecule has 4 saturated carbocycles. The average molecular weight is 467 g/mol. The maximum absolute atomic E-state index is 11.5. The second kappa shape index (κ2) is 10.9. The Morgan fingerprint density at radius 2 is 1.69 bits per heavy atom. The maximum Gasteiger partial charge on any atom is 1.00 e. The van der Waals surface area contributed by atoms with E-state index in [0.717, 1.165) is 44.9 Å². The topological polar surface area (TPSA) is 164 Å². The Morgan fingerprint density at radius 1 is 1.03 bits per heavy atom. The quantitative estimate of drug-likeness (QED) is 0.388. The van der Waals surface area contributed by atoms with E-state index >= 15 is 0 Å². The number of hydrogen-bond donors (Lipinski definition) is 3. The van der Waals surface area contributed by atoms with Gasteiger partial charge in [0.05, 0.1) is 18.3 Å². The van der Waals surface area contributed by atoms with Gasteiger partial charge in [-0.15, -0.1) is 0 Å². The van der Waals surface area contributed by atoms with Crippen molar-refractivity contribution in [2.24, 2.45) is 46.3 Å². The molecule has 0 spiro atoms. The first kappa shape index (κ1) is 30.3. The molecule has 0 aliphatic heterocycles. The SMILES string of the molecule is CC(CCC(=O)[O-])C1CCC2C3C(O)CC4CC(O)CCC4(C)C3CC(O)C12C.O.O.[Na+]. The number of fused-ring (bicyclic) bond motifs is 5. The van der Waals surface area contributed by atoms with Crippen LogP contribution in [0, 0.1) is 46.3 Å². The largest absolute Gasteiger partial charge is 1.00 e. The smallest absolute Gasteiger partial charge is 0.550 e. The van der Waals surface area contributed by atoms with Gasteiger partial charge in [-0.25, -0.2) is 0 Å². The summed E-state index contributed by atoms with van der Waals surface area (Å²) in [6.45, 7) is 6.67. The molecule has 0 aromatic heterocycles. The van der Waals surface area contributed by atoms with Crippen molar-refractivity contribution in [3.8, 4) is 0 Å². The molecule has 7 nitrogen and oxygen atoms in total. The van der Waals surface area contributed by atoms with Crippen LogP contribution in [-0.2, 0) is 4.79 Å². The average Bonchev–Trinajstić information content (AvgIpc) is 3.01. The van der Waals surface area contributed by atoms with Gasteiger partial charge < -0.3 is 36.2 Å². The zero-order chi connectivity index (χ0) is 21.1. The summed E-state index contributed by atoms with van der Waals surface area (Å²) in [6, 6.07) is 0. The van der Waals surface area contributed by atoms with E-state index in [1.54, 1.807) is 0 Å². The Hall–Kier alpha value is 0.270. The fraction of sp³-hybridized carbons (Fsp3) is 0.958. The Bertz CT molecular complexity index is 648. The van der Waals surface area contributed by atoms with Gasteiger partial charge in [-0.05, 0) is 104 Å². The van der Waals surface area contributed by atoms with Crippen LogP contribution in [0.1, 0.15) is 78.6 Å². The molecule has 182 valence electrons. The van der Waals surface area contributed by atoms with Gasteiger partial charge in [-0.3, -0.25) is 0 Å². The van der Waals surface area contributed by atoms with Gasteiger partial charge in [-0.2, -0.15) is 0 Å². The molecule has 4 aliphatic carbocycles. The van der Waals surface area contributed by atoms with E-state index in [2.05, 4.69) is 20.8 Å². The molecule has 0 amide bonds. The number of aliphatic hydroxyl groups excluding tert-OH is 3. The summed E-state index contributed by atoms with van der Waals surface area (Å²) in [5.74, 6) is 0.635. The van der Waals surface area contributed by atoms with Crippen molar-refractivity contribution in [2.45, 2.75) is 96.9 Å². The number of carboxylic acids is 1. The van der Waals surface area contributed by atoms with Crippen LogP contribution >= 0.6 is 0 Å². The van der Waals surface area contributed by atoms with Crippen molar-refractivity contribution < 1.29 is 65.7 Å². The first-order chi connectivity index (χ1) is 13.6. The van der Waals surface area contributed by atoms with Gasteiger partial charge in [-0.1, -0.05) is 20.8 Å². The van der Waals surface area contributed by atoms with E-state index in [-0.39, 0.29) is 93.6 Å². The molecule has 0 heterocycles. The predicted octanol–water partition coefficient (Wildman–Crippen LogP) is -2.53. The van der Waals surface area contributed by atoms with E-state index in [1.807, 2.05) is 0 Å². The zero-order valence-electron chi connectivity index (χ0n) is 20.2. The number of aliphatic hydroxyl groups is 3. The Labute approximate surface area is 214 Å². The second-order valence-corrected chi connectivity index (χ2v) is 11.4. The van der Waals surface area contributed by atoms with Gasteiger partial charge >= 0.3 is 29.6 Å². The molecule has 8 heteroatoms. The molecule has 11 atom stereocenters. The second-order valence-electron chi connectivity index (χ2n) is 11.4. The summed E-state index contributed by atoms with van der Waals surface area (Å²) in [5, 5.41) is 43.9. The third kappa shape index (κ3) is 4.70. The standard InChI is InChI=1S/C24H40O5.Na.2H2O/c1-13(4-7-21(28)29)16-5-6-17-22-18(12-20(27)24(16,17)3)23(2)9-8-15(25)10-14(23)11-19(22)26;;;/h13-20,22,25-27H,4-12H2,1-3H3,(H,28,29);;2*1H2/q;+1;;/p-1. The summed E-state index contributed by atoms with van der Waals surface area (Å²) in [5.41, 5.74) is -0.172. The number of aliphatic carboxylic acids is 1. The first-order valence-electron chi connectivity index (χ1n) is 11.8. The molecule has 0 aromatic rings. The third-order valence-electron chi connectivity index (χ3n) is 10.3. The zero-order valence-corrected chi connectivity index (χ0v) is 22.2. The van der Waals surface area contributed by atoms with Crippen LogP contribution in [-0.4, -0.2) is 50.6 Å². The van der Waals surface area contributed by atoms with Crippen LogP contribution in [0.3, 0.4) is 0 Å². The van der Waals surface area contributed by atoms with Crippen molar-refractivity contribution in [2.75, 3.05) is 0 Å².